The normalized spacial score (nSPS) is 12.5. The van der Waals surface area contributed by atoms with Gasteiger partial charge in [0.2, 0.25) is 0 Å². The monoisotopic (exact) mass is 329 g/mol. The average Bonchev–Trinajstić information content (AvgIpc) is 2.39. The minimum Gasteiger partial charge on any atom is -0.493 e. The lowest BCUT2D eigenvalue weighted by Gasteiger charge is -2.20. The lowest BCUT2D eigenvalue weighted by Crippen LogP contribution is -2.40. The first-order valence-corrected chi connectivity index (χ1v) is 7.63. The van der Waals surface area contributed by atoms with Crippen LogP contribution in [0.1, 0.15) is 33.3 Å². The first-order valence-electron chi connectivity index (χ1n) is 7.25. The minimum absolute atomic E-state index is 0.00581. The van der Waals surface area contributed by atoms with Gasteiger partial charge in [0.05, 0.1) is 13.2 Å². The summed E-state index contributed by atoms with van der Waals surface area (Å²) in [5, 5.41) is 12.7. The van der Waals surface area contributed by atoms with Crippen molar-refractivity contribution in [2.24, 2.45) is 5.92 Å². The van der Waals surface area contributed by atoms with Crippen molar-refractivity contribution >= 4 is 17.6 Å². The van der Waals surface area contributed by atoms with Crippen LogP contribution in [0.2, 0.25) is 5.02 Å². The number of halogens is 1. The summed E-state index contributed by atoms with van der Waals surface area (Å²) in [4.78, 5) is 11.2. The molecule has 0 aliphatic rings. The van der Waals surface area contributed by atoms with Crippen molar-refractivity contribution in [3.63, 3.8) is 0 Å². The van der Waals surface area contributed by atoms with E-state index in [1.807, 2.05) is 27.7 Å². The van der Waals surface area contributed by atoms with E-state index in [4.69, 9.17) is 21.1 Å². The van der Waals surface area contributed by atoms with Gasteiger partial charge in [-0.2, -0.15) is 0 Å². The molecular weight excluding hydrogens is 306 g/mol. The number of carbonyl (C=O) groups is 1. The molecule has 0 fully saturated rings. The third-order valence-electron chi connectivity index (χ3n) is 3.14. The number of hydrogen-bond acceptors (Lipinski definition) is 4. The molecule has 1 aromatic carbocycles. The quantitative estimate of drug-likeness (QED) is 0.765. The Bertz CT molecular complexity index is 517. The Morgan fingerprint density at radius 1 is 1.27 bits per heavy atom. The second-order valence-electron chi connectivity index (χ2n) is 5.70. The summed E-state index contributed by atoms with van der Waals surface area (Å²) in [7, 11) is 1.56. The number of ether oxygens (including phenoxy) is 2. The van der Waals surface area contributed by atoms with Crippen LogP contribution in [0, 0.1) is 5.92 Å². The Labute approximate surface area is 136 Å². The number of aliphatic carboxylic acids is 1. The highest BCUT2D eigenvalue weighted by Gasteiger charge is 2.21. The molecule has 1 atom stereocenters. The predicted octanol–water partition coefficient (Wildman–Crippen LogP) is 3.33. The second-order valence-corrected chi connectivity index (χ2v) is 6.11. The zero-order valence-electron chi connectivity index (χ0n) is 13.6. The van der Waals surface area contributed by atoms with Gasteiger partial charge in [0.15, 0.2) is 11.5 Å². The second kappa shape index (κ2) is 8.25. The van der Waals surface area contributed by atoms with Gasteiger partial charge in [-0.1, -0.05) is 25.4 Å². The van der Waals surface area contributed by atoms with Crippen LogP contribution in [0.3, 0.4) is 0 Å². The van der Waals surface area contributed by atoms with Crippen molar-refractivity contribution in [3.05, 3.63) is 22.7 Å². The Morgan fingerprint density at radius 3 is 2.36 bits per heavy atom. The van der Waals surface area contributed by atoms with Gasteiger partial charge in [-0.3, -0.25) is 4.79 Å². The zero-order chi connectivity index (χ0) is 16.9. The third kappa shape index (κ3) is 5.07. The molecule has 0 aliphatic carbocycles. The summed E-state index contributed by atoms with van der Waals surface area (Å²) < 4.78 is 11.0. The van der Waals surface area contributed by atoms with Gasteiger partial charge in [-0.05, 0) is 31.4 Å². The van der Waals surface area contributed by atoms with Crippen LogP contribution in [0.25, 0.3) is 0 Å². The first-order chi connectivity index (χ1) is 10.3. The number of rotatable bonds is 8. The molecule has 0 radical (unpaired) electrons. The van der Waals surface area contributed by atoms with Crippen molar-refractivity contribution in [3.8, 4) is 11.5 Å². The van der Waals surface area contributed by atoms with Gasteiger partial charge < -0.3 is 19.9 Å². The summed E-state index contributed by atoms with van der Waals surface area (Å²) in [6.07, 6.45) is 0.00581. The molecule has 0 aromatic heterocycles. The minimum atomic E-state index is -0.877. The maximum atomic E-state index is 11.2. The van der Waals surface area contributed by atoms with E-state index in [0.717, 1.165) is 5.56 Å². The molecule has 0 bridgehead atoms. The highest BCUT2D eigenvalue weighted by molar-refractivity contribution is 6.31. The number of carboxylic acids is 1. The molecule has 0 amide bonds. The van der Waals surface area contributed by atoms with Crippen LogP contribution in [-0.4, -0.2) is 30.3 Å². The molecule has 22 heavy (non-hydrogen) atoms. The molecule has 1 aromatic rings. The van der Waals surface area contributed by atoms with Gasteiger partial charge in [0.25, 0.3) is 0 Å². The van der Waals surface area contributed by atoms with E-state index in [1.54, 1.807) is 19.2 Å². The van der Waals surface area contributed by atoms with Crippen molar-refractivity contribution in [2.45, 2.75) is 46.4 Å². The Balaban J connectivity index is 2.94. The SMILES string of the molecule is COc1cc(CNC(C(=O)O)C(C)C)c(Cl)cc1OC(C)C. The van der Waals surface area contributed by atoms with E-state index in [-0.39, 0.29) is 12.0 Å². The van der Waals surface area contributed by atoms with Crippen LogP contribution >= 0.6 is 11.6 Å². The van der Waals surface area contributed by atoms with E-state index in [1.165, 1.54) is 0 Å². The first kappa shape index (κ1) is 18.6. The Morgan fingerprint density at radius 2 is 1.91 bits per heavy atom. The number of benzene rings is 1. The number of methoxy groups -OCH3 is 1. The number of hydrogen-bond donors (Lipinski definition) is 2. The molecule has 0 heterocycles. The van der Waals surface area contributed by atoms with E-state index in [2.05, 4.69) is 5.32 Å². The molecule has 6 heteroatoms. The van der Waals surface area contributed by atoms with Crippen LogP contribution in [0.5, 0.6) is 11.5 Å². The van der Waals surface area contributed by atoms with Crippen molar-refractivity contribution in [1.82, 2.24) is 5.32 Å². The largest absolute Gasteiger partial charge is 0.493 e. The van der Waals surface area contributed by atoms with E-state index in [9.17, 15) is 9.90 Å². The maximum absolute atomic E-state index is 11.2. The van der Waals surface area contributed by atoms with Crippen LogP contribution < -0.4 is 14.8 Å². The number of nitrogens with one attached hydrogen (secondary N) is 1. The van der Waals surface area contributed by atoms with Crippen molar-refractivity contribution in [1.29, 1.82) is 0 Å². The third-order valence-corrected chi connectivity index (χ3v) is 3.49. The smallest absolute Gasteiger partial charge is 0.320 e. The molecule has 0 saturated carbocycles. The molecule has 0 aliphatic heterocycles. The van der Waals surface area contributed by atoms with E-state index in [0.29, 0.717) is 23.1 Å². The van der Waals surface area contributed by atoms with E-state index >= 15 is 0 Å². The standard InChI is InChI=1S/C16H24ClNO4/c1-9(2)15(16(19)20)18-8-11-6-13(21-5)14(7-12(11)17)22-10(3)4/h6-7,9-10,15,18H,8H2,1-5H3,(H,19,20). The van der Waals surface area contributed by atoms with Crippen LogP contribution in [0.15, 0.2) is 12.1 Å². The van der Waals surface area contributed by atoms with Crippen LogP contribution in [0.4, 0.5) is 0 Å². The van der Waals surface area contributed by atoms with Crippen LogP contribution in [-0.2, 0) is 11.3 Å². The maximum Gasteiger partial charge on any atom is 0.320 e. The van der Waals surface area contributed by atoms with Gasteiger partial charge >= 0.3 is 5.97 Å². The van der Waals surface area contributed by atoms with Gasteiger partial charge in [-0.25, -0.2) is 0 Å². The topological polar surface area (TPSA) is 67.8 Å². The average molecular weight is 330 g/mol. The van der Waals surface area contributed by atoms with Gasteiger partial charge in [0, 0.05) is 17.6 Å². The molecule has 5 nitrogen and oxygen atoms in total. The lowest BCUT2D eigenvalue weighted by atomic mass is 10.0. The molecular formula is C16H24ClNO4. The van der Waals surface area contributed by atoms with Gasteiger partial charge in [-0.15, -0.1) is 0 Å². The van der Waals surface area contributed by atoms with Crippen molar-refractivity contribution in [2.75, 3.05) is 7.11 Å². The summed E-state index contributed by atoms with van der Waals surface area (Å²) in [5.41, 5.74) is 0.765. The molecule has 0 saturated heterocycles. The summed E-state index contributed by atoms with van der Waals surface area (Å²) in [6.45, 7) is 7.89. The molecule has 124 valence electrons. The highest BCUT2D eigenvalue weighted by Crippen LogP contribution is 2.34. The summed E-state index contributed by atoms with van der Waals surface area (Å²) in [6, 6.07) is 2.84. The fourth-order valence-corrected chi connectivity index (χ4v) is 2.27. The fourth-order valence-electron chi connectivity index (χ4n) is 2.05. The number of carboxylic acid groups (broad SMARTS) is 1. The molecule has 0 spiro atoms. The molecule has 2 N–H and O–H groups in total. The summed E-state index contributed by atoms with van der Waals surface area (Å²) >= 11 is 6.26. The highest BCUT2D eigenvalue weighted by atomic mass is 35.5. The summed E-state index contributed by atoms with van der Waals surface area (Å²) in [5.74, 6) is 0.246. The predicted molar refractivity (Wildman–Crippen MR) is 86.9 cm³/mol. The Kier molecular flexibility index (Phi) is 6.97. The molecule has 1 unspecified atom stereocenters. The zero-order valence-corrected chi connectivity index (χ0v) is 14.4. The van der Waals surface area contributed by atoms with Gasteiger partial charge in [0.1, 0.15) is 6.04 Å². The fraction of sp³-hybridized carbons (Fsp3) is 0.562. The molecule has 1 rings (SSSR count). The lowest BCUT2D eigenvalue weighted by molar-refractivity contribution is -0.140. The Hall–Kier alpha value is -1.46. The van der Waals surface area contributed by atoms with Crippen molar-refractivity contribution < 1.29 is 19.4 Å². The van der Waals surface area contributed by atoms with E-state index < -0.39 is 12.0 Å².